The topological polar surface area (TPSA) is 39.9 Å². The van der Waals surface area contributed by atoms with Gasteiger partial charge in [-0.05, 0) is 36.5 Å². The van der Waals surface area contributed by atoms with E-state index in [9.17, 15) is 4.39 Å². The lowest BCUT2D eigenvalue weighted by atomic mass is 10.1. The van der Waals surface area contributed by atoms with Crippen LogP contribution in [0.1, 0.15) is 24.3 Å². The van der Waals surface area contributed by atoms with E-state index in [1.807, 2.05) is 31.4 Å². The first-order chi connectivity index (χ1) is 11.2. The summed E-state index contributed by atoms with van der Waals surface area (Å²) in [6, 6.07) is 8.68. The van der Waals surface area contributed by atoms with Gasteiger partial charge >= 0.3 is 0 Å². The second-order valence-corrected chi connectivity index (χ2v) is 5.84. The predicted octanol–water partition coefficient (Wildman–Crippen LogP) is 4.29. The lowest BCUT2D eigenvalue weighted by Gasteiger charge is -2.08. The smallest absolute Gasteiger partial charge is 0.131 e. The number of nitrogens with zero attached hydrogens (tertiary/aromatic N) is 3. The van der Waals surface area contributed by atoms with Crippen LogP contribution in [-0.4, -0.2) is 14.8 Å². The van der Waals surface area contributed by atoms with Gasteiger partial charge in [0.25, 0.3) is 0 Å². The third kappa shape index (κ3) is 2.95. The van der Waals surface area contributed by atoms with Crippen molar-refractivity contribution < 1.29 is 9.13 Å². The molecule has 1 aromatic carbocycles. The second-order valence-electron chi connectivity index (χ2n) is 5.84. The summed E-state index contributed by atoms with van der Waals surface area (Å²) < 4.78 is 21.6. The highest BCUT2D eigenvalue weighted by Crippen LogP contribution is 2.42. The lowest BCUT2D eigenvalue weighted by molar-refractivity contribution is 0.475. The van der Waals surface area contributed by atoms with Crippen molar-refractivity contribution in [3.8, 4) is 22.8 Å². The summed E-state index contributed by atoms with van der Waals surface area (Å²) >= 11 is 0. The van der Waals surface area contributed by atoms with E-state index in [-0.39, 0.29) is 5.82 Å². The van der Waals surface area contributed by atoms with Gasteiger partial charge in [-0.15, -0.1) is 0 Å². The molecular formula is C18H16FN3O. The van der Waals surface area contributed by atoms with Crippen LogP contribution in [0.3, 0.4) is 0 Å². The Morgan fingerprint density at radius 1 is 1.17 bits per heavy atom. The molecule has 2 heterocycles. The van der Waals surface area contributed by atoms with Crippen molar-refractivity contribution in [2.45, 2.75) is 18.8 Å². The predicted molar refractivity (Wildman–Crippen MR) is 84.9 cm³/mol. The van der Waals surface area contributed by atoms with Gasteiger partial charge in [0, 0.05) is 37.1 Å². The van der Waals surface area contributed by atoms with Crippen LogP contribution in [0.15, 0.2) is 48.9 Å². The van der Waals surface area contributed by atoms with Crippen LogP contribution in [-0.2, 0) is 7.05 Å². The molecule has 3 aromatic rings. The number of aromatic nitrogens is 3. The molecule has 0 saturated heterocycles. The number of halogens is 1. The summed E-state index contributed by atoms with van der Waals surface area (Å²) in [6.07, 6.45) is 7.46. The van der Waals surface area contributed by atoms with E-state index < -0.39 is 0 Å². The van der Waals surface area contributed by atoms with Crippen LogP contribution in [0.2, 0.25) is 0 Å². The summed E-state index contributed by atoms with van der Waals surface area (Å²) in [5.41, 5.74) is 2.47. The second kappa shape index (κ2) is 5.50. The van der Waals surface area contributed by atoms with Gasteiger partial charge in [-0.25, -0.2) is 4.39 Å². The average Bonchev–Trinajstić information content (AvgIpc) is 3.28. The molecule has 0 aliphatic heterocycles. The zero-order chi connectivity index (χ0) is 15.8. The Balaban J connectivity index is 1.58. The molecule has 4 rings (SSSR count). The minimum atomic E-state index is -0.188. The zero-order valence-corrected chi connectivity index (χ0v) is 12.7. The summed E-state index contributed by atoms with van der Waals surface area (Å²) in [4.78, 5) is 4.32. The summed E-state index contributed by atoms with van der Waals surface area (Å²) in [6.45, 7) is 0. The standard InChI is InChI=1S/C18H16FN3O/c1-22-11-13(10-21-22)18-9-15(6-7-20-18)23-14-4-5-16(12-2-3-12)17(19)8-14/h4-12H,2-3H2,1H3. The molecule has 5 heteroatoms. The van der Waals surface area contributed by atoms with E-state index in [1.54, 1.807) is 23.1 Å². The Morgan fingerprint density at radius 3 is 2.70 bits per heavy atom. The maximum atomic E-state index is 14.1. The van der Waals surface area contributed by atoms with Crippen LogP contribution in [0.4, 0.5) is 4.39 Å². The molecule has 0 spiro atoms. The molecule has 23 heavy (non-hydrogen) atoms. The summed E-state index contributed by atoms with van der Waals surface area (Å²) in [7, 11) is 1.86. The third-order valence-corrected chi connectivity index (χ3v) is 3.96. The number of aryl methyl sites for hydroxylation is 1. The molecular weight excluding hydrogens is 293 g/mol. The van der Waals surface area contributed by atoms with Crippen LogP contribution in [0, 0.1) is 5.82 Å². The van der Waals surface area contributed by atoms with E-state index in [0.717, 1.165) is 29.7 Å². The monoisotopic (exact) mass is 309 g/mol. The fraction of sp³-hybridized carbons (Fsp3) is 0.222. The van der Waals surface area contributed by atoms with Crippen molar-refractivity contribution in [1.29, 1.82) is 0 Å². The summed E-state index contributed by atoms with van der Waals surface area (Å²) in [5.74, 6) is 1.32. The molecule has 1 saturated carbocycles. The molecule has 0 radical (unpaired) electrons. The molecule has 0 unspecified atom stereocenters. The fourth-order valence-corrected chi connectivity index (χ4v) is 2.62. The molecule has 0 amide bonds. The van der Waals surface area contributed by atoms with Crippen LogP contribution < -0.4 is 4.74 Å². The molecule has 0 N–H and O–H groups in total. The highest BCUT2D eigenvalue weighted by atomic mass is 19.1. The molecule has 4 nitrogen and oxygen atoms in total. The van der Waals surface area contributed by atoms with Gasteiger partial charge in [0.1, 0.15) is 17.3 Å². The molecule has 2 aromatic heterocycles. The quantitative estimate of drug-likeness (QED) is 0.721. The molecule has 1 fully saturated rings. The number of rotatable bonds is 4. The Labute approximate surface area is 133 Å². The Kier molecular flexibility index (Phi) is 3.33. The van der Waals surface area contributed by atoms with Gasteiger partial charge in [0.15, 0.2) is 0 Å². The van der Waals surface area contributed by atoms with Crippen molar-refractivity contribution in [2.24, 2.45) is 7.05 Å². The van der Waals surface area contributed by atoms with Gasteiger partial charge in [-0.2, -0.15) is 5.10 Å². The zero-order valence-electron chi connectivity index (χ0n) is 12.7. The molecule has 0 atom stereocenters. The van der Waals surface area contributed by atoms with Crippen molar-refractivity contribution in [3.05, 3.63) is 60.3 Å². The van der Waals surface area contributed by atoms with Gasteiger partial charge in [-0.1, -0.05) is 6.07 Å². The van der Waals surface area contributed by atoms with E-state index in [4.69, 9.17) is 4.74 Å². The van der Waals surface area contributed by atoms with Crippen molar-refractivity contribution in [1.82, 2.24) is 14.8 Å². The Bertz CT molecular complexity index is 855. The number of pyridine rings is 1. The highest BCUT2D eigenvalue weighted by molar-refractivity contribution is 5.58. The number of benzene rings is 1. The first-order valence-electron chi connectivity index (χ1n) is 7.61. The normalized spacial score (nSPS) is 14.0. The molecule has 1 aliphatic rings. The molecule has 116 valence electrons. The Morgan fingerprint density at radius 2 is 2.00 bits per heavy atom. The summed E-state index contributed by atoms with van der Waals surface area (Å²) in [5, 5.41) is 4.14. The van der Waals surface area contributed by atoms with E-state index in [2.05, 4.69) is 10.1 Å². The van der Waals surface area contributed by atoms with E-state index in [1.165, 1.54) is 6.07 Å². The number of ether oxygens (including phenoxy) is 1. The first-order valence-corrected chi connectivity index (χ1v) is 7.61. The SMILES string of the molecule is Cn1cc(-c2cc(Oc3ccc(C4CC4)c(F)c3)ccn2)cn1. The first kappa shape index (κ1) is 13.9. The van der Waals surface area contributed by atoms with Crippen molar-refractivity contribution in [3.63, 3.8) is 0 Å². The average molecular weight is 309 g/mol. The maximum Gasteiger partial charge on any atom is 0.131 e. The van der Waals surface area contributed by atoms with Gasteiger partial charge in [-0.3, -0.25) is 9.67 Å². The van der Waals surface area contributed by atoms with E-state index in [0.29, 0.717) is 17.4 Å². The van der Waals surface area contributed by atoms with Gasteiger partial charge in [0.2, 0.25) is 0 Å². The third-order valence-electron chi connectivity index (χ3n) is 3.96. The lowest BCUT2D eigenvalue weighted by Crippen LogP contribution is -1.91. The van der Waals surface area contributed by atoms with Crippen LogP contribution in [0.5, 0.6) is 11.5 Å². The minimum absolute atomic E-state index is 0.188. The van der Waals surface area contributed by atoms with Crippen molar-refractivity contribution in [2.75, 3.05) is 0 Å². The van der Waals surface area contributed by atoms with Crippen molar-refractivity contribution >= 4 is 0 Å². The van der Waals surface area contributed by atoms with Crippen LogP contribution in [0.25, 0.3) is 11.3 Å². The maximum absolute atomic E-state index is 14.1. The molecule has 0 bridgehead atoms. The minimum Gasteiger partial charge on any atom is -0.457 e. The Hall–Kier alpha value is -2.69. The largest absolute Gasteiger partial charge is 0.457 e. The van der Waals surface area contributed by atoms with Gasteiger partial charge < -0.3 is 4.74 Å². The number of hydrogen-bond acceptors (Lipinski definition) is 3. The van der Waals surface area contributed by atoms with Gasteiger partial charge in [0.05, 0.1) is 11.9 Å². The van der Waals surface area contributed by atoms with E-state index >= 15 is 0 Å². The van der Waals surface area contributed by atoms with Crippen LogP contribution >= 0.6 is 0 Å². The fourth-order valence-electron chi connectivity index (χ4n) is 2.62. The molecule has 1 aliphatic carbocycles. The highest BCUT2D eigenvalue weighted by Gasteiger charge is 2.26. The number of hydrogen-bond donors (Lipinski definition) is 0.